The highest BCUT2D eigenvalue weighted by molar-refractivity contribution is 8.00. The number of thioether (sulfide) groups is 1. The molecule has 3 unspecified atom stereocenters. The highest BCUT2D eigenvalue weighted by atomic mass is 32.2. The van der Waals surface area contributed by atoms with Crippen molar-refractivity contribution in [2.45, 2.75) is 89.0 Å². The maximum atomic E-state index is 14.4. The van der Waals surface area contributed by atoms with Crippen LogP contribution in [0.15, 0.2) is 60.0 Å². The van der Waals surface area contributed by atoms with E-state index in [1.807, 2.05) is 61.9 Å². The molecule has 250 valence electrons. The van der Waals surface area contributed by atoms with Gasteiger partial charge in [-0.15, -0.1) is 18.3 Å². The molecule has 1 saturated heterocycles. The van der Waals surface area contributed by atoms with Gasteiger partial charge in [0.1, 0.15) is 5.60 Å². The van der Waals surface area contributed by atoms with Gasteiger partial charge in [-0.1, -0.05) is 57.2 Å². The highest BCUT2D eigenvalue weighted by Crippen LogP contribution is 2.57. The van der Waals surface area contributed by atoms with Gasteiger partial charge in [0.05, 0.1) is 30.1 Å². The van der Waals surface area contributed by atoms with E-state index in [1.54, 1.807) is 43.5 Å². The fourth-order valence-corrected chi connectivity index (χ4v) is 8.04. The Morgan fingerprint density at radius 3 is 2.30 bits per heavy atom. The van der Waals surface area contributed by atoms with E-state index >= 15 is 0 Å². The van der Waals surface area contributed by atoms with Crippen LogP contribution in [0.1, 0.15) is 67.2 Å². The lowest BCUT2D eigenvalue weighted by Gasteiger charge is -2.35. The van der Waals surface area contributed by atoms with Crippen molar-refractivity contribution >= 4 is 56.1 Å². The number of benzene rings is 2. The number of allylic oxidation sites excluding steroid dienone is 1. The van der Waals surface area contributed by atoms with E-state index in [2.05, 4.69) is 12.6 Å². The van der Waals surface area contributed by atoms with Gasteiger partial charge in [0.15, 0.2) is 5.78 Å². The minimum Gasteiger partial charge on any atom is -0.460 e. The number of ether oxygens (including phenoxy) is 1. The molecule has 1 aliphatic heterocycles. The Kier molecular flexibility index (Phi) is 10.2. The number of esters is 1. The second-order valence-electron chi connectivity index (χ2n) is 14.7. The SMILES string of the molecule is C=CC1CC1(CC(=O)[C@@H]1C[C@@H](Sc2ccc3ccccc3c2)CN1C(=O)C(CC(=O)OC(C)(C)C)C(C)(C)C)C(=O)NS(C)(=O)=O. The number of likely N-dealkylation sites (tertiary alicyclic amines) is 1. The molecule has 0 aromatic heterocycles. The molecule has 2 aromatic rings. The van der Waals surface area contributed by atoms with E-state index < -0.39 is 50.3 Å². The Hall–Kier alpha value is -3.18. The normalized spacial score (nSPS) is 23.9. The van der Waals surface area contributed by atoms with Crippen LogP contribution in [-0.2, 0) is 33.9 Å². The number of ketones is 1. The van der Waals surface area contributed by atoms with Gasteiger partial charge in [-0.3, -0.25) is 23.9 Å². The molecule has 2 aromatic carbocycles. The molecular formula is C35H46N2O7S2. The van der Waals surface area contributed by atoms with Gasteiger partial charge < -0.3 is 9.64 Å². The van der Waals surface area contributed by atoms with Crippen molar-refractivity contribution in [2.75, 3.05) is 12.8 Å². The van der Waals surface area contributed by atoms with Crippen molar-refractivity contribution in [1.82, 2.24) is 9.62 Å². The second kappa shape index (κ2) is 13.1. The fourth-order valence-electron chi connectivity index (χ4n) is 6.26. The standard InChI is InChI=1S/C35H46N2O7S2/c1-9-24-19-35(24,32(41)36-46(8,42)43)20-29(38)28-17-26(45-25-15-14-22-12-10-11-13-23(22)16-25)21-37(28)31(40)27(33(2,3)4)18-30(39)44-34(5,6)7/h9-16,24,26-28H,1,17-21H2,2-8H3,(H,36,41)/t24?,26-,27?,28+,35?/m1/s1. The third kappa shape index (κ3) is 8.59. The molecule has 5 atom stereocenters. The third-order valence-electron chi connectivity index (χ3n) is 8.71. The molecule has 0 spiro atoms. The summed E-state index contributed by atoms with van der Waals surface area (Å²) in [5.74, 6) is -2.97. The molecular weight excluding hydrogens is 625 g/mol. The molecule has 2 aliphatic rings. The Labute approximate surface area is 276 Å². The average Bonchev–Trinajstić information content (AvgIpc) is 3.48. The van der Waals surface area contributed by atoms with Gasteiger partial charge in [0.25, 0.3) is 0 Å². The Morgan fingerprint density at radius 2 is 1.74 bits per heavy atom. The Balaban J connectivity index is 1.64. The van der Waals surface area contributed by atoms with Crippen molar-refractivity contribution in [2.24, 2.45) is 22.7 Å². The van der Waals surface area contributed by atoms with Crippen LogP contribution in [0, 0.1) is 22.7 Å². The first kappa shape index (κ1) is 35.7. The van der Waals surface area contributed by atoms with Crippen molar-refractivity contribution < 1.29 is 32.3 Å². The number of Topliss-reactive ketones (excluding diaryl/α,β-unsaturated/α-hetero) is 1. The number of nitrogens with zero attached hydrogens (tertiary/aromatic N) is 1. The summed E-state index contributed by atoms with van der Waals surface area (Å²) in [6.07, 6.45) is 2.76. The number of carbonyl (C=O) groups excluding carboxylic acids is 4. The number of rotatable bonds is 11. The van der Waals surface area contributed by atoms with Gasteiger partial charge in [0.2, 0.25) is 21.8 Å². The first-order valence-corrected chi connectivity index (χ1v) is 18.3. The zero-order valence-electron chi connectivity index (χ0n) is 27.8. The van der Waals surface area contributed by atoms with Gasteiger partial charge in [0, 0.05) is 23.1 Å². The summed E-state index contributed by atoms with van der Waals surface area (Å²) < 4.78 is 31.4. The lowest BCUT2D eigenvalue weighted by Crippen LogP contribution is -2.48. The number of amides is 2. The maximum absolute atomic E-state index is 14.4. The van der Waals surface area contributed by atoms with E-state index in [4.69, 9.17) is 4.74 Å². The monoisotopic (exact) mass is 670 g/mol. The van der Waals surface area contributed by atoms with Crippen molar-refractivity contribution in [3.05, 3.63) is 55.1 Å². The second-order valence-corrected chi connectivity index (χ2v) is 17.9. The van der Waals surface area contributed by atoms with Gasteiger partial charge in [-0.25, -0.2) is 8.42 Å². The van der Waals surface area contributed by atoms with Crippen LogP contribution in [0.25, 0.3) is 10.8 Å². The molecule has 9 nitrogen and oxygen atoms in total. The molecule has 1 aliphatic carbocycles. The van der Waals surface area contributed by atoms with Crippen LogP contribution < -0.4 is 4.72 Å². The van der Waals surface area contributed by atoms with E-state index in [1.165, 1.54) is 0 Å². The summed E-state index contributed by atoms with van der Waals surface area (Å²) in [5, 5.41) is 2.06. The quantitative estimate of drug-likeness (QED) is 0.245. The molecule has 4 rings (SSSR count). The largest absolute Gasteiger partial charge is 0.460 e. The van der Waals surface area contributed by atoms with Crippen molar-refractivity contribution in [3.63, 3.8) is 0 Å². The predicted octanol–water partition coefficient (Wildman–Crippen LogP) is 5.52. The van der Waals surface area contributed by atoms with Crippen LogP contribution in [0.5, 0.6) is 0 Å². The summed E-state index contributed by atoms with van der Waals surface area (Å²) in [7, 11) is -3.85. The van der Waals surface area contributed by atoms with Gasteiger partial charge in [-0.2, -0.15) is 0 Å². The number of fused-ring (bicyclic) bond motifs is 1. The first-order chi connectivity index (χ1) is 21.2. The van der Waals surface area contributed by atoms with Crippen LogP contribution >= 0.6 is 11.8 Å². The lowest BCUT2D eigenvalue weighted by atomic mass is 9.77. The van der Waals surface area contributed by atoms with E-state index in [-0.39, 0.29) is 42.2 Å². The molecule has 2 fully saturated rings. The molecule has 46 heavy (non-hydrogen) atoms. The molecule has 0 radical (unpaired) electrons. The fraction of sp³-hybridized carbons (Fsp3) is 0.543. The molecule has 1 saturated carbocycles. The van der Waals surface area contributed by atoms with Gasteiger partial charge >= 0.3 is 5.97 Å². The average molecular weight is 671 g/mol. The summed E-state index contributed by atoms with van der Waals surface area (Å²) in [5.41, 5.74) is -2.57. The zero-order chi connectivity index (χ0) is 34.2. The molecule has 11 heteroatoms. The number of nitrogens with one attached hydrogen (secondary N) is 1. The van der Waals surface area contributed by atoms with Crippen LogP contribution in [0.4, 0.5) is 0 Å². The summed E-state index contributed by atoms with van der Waals surface area (Å²) in [4.78, 5) is 57.2. The maximum Gasteiger partial charge on any atom is 0.307 e. The third-order valence-corrected chi connectivity index (χ3v) is 10.5. The Morgan fingerprint density at radius 1 is 1.09 bits per heavy atom. The summed E-state index contributed by atoms with van der Waals surface area (Å²) in [6, 6.07) is 13.3. The number of hydrogen-bond donors (Lipinski definition) is 1. The number of sulfonamides is 1. The predicted molar refractivity (Wildman–Crippen MR) is 180 cm³/mol. The zero-order valence-corrected chi connectivity index (χ0v) is 29.4. The molecule has 2 amide bonds. The van der Waals surface area contributed by atoms with Crippen molar-refractivity contribution in [1.29, 1.82) is 0 Å². The smallest absolute Gasteiger partial charge is 0.307 e. The summed E-state index contributed by atoms with van der Waals surface area (Å²) in [6.45, 7) is 15.0. The van der Waals surface area contributed by atoms with Crippen LogP contribution in [0.3, 0.4) is 0 Å². The Bertz CT molecular complexity index is 1640. The molecule has 0 bridgehead atoms. The van der Waals surface area contributed by atoms with E-state index in [9.17, 15) is 27.6 Å². The van der Waals surface area contributed by atoms with Crippen LogP contribution in [-0.4, -0.2) is 66.6 Å². The molecule has 1 N–H and O–H groups in total. The topological polar surface area (TPSA) is 127 Å². The minimum absolute atomic E-state index is 0.128. The number of hydrogen-bond acceptors (Lipinski definition) is 8. The summed E-state index contributed by atoms with van der Waals surface area (Å²) >= 11 is 1.59. The highest BCUT2D eigenvalue weighted by Gasteiger charge is 2.61. The first-order valence-electron chi connectivity index (χ1n) is 15.6. The lowest BCUT2D eigenvalue weighted by molar-refractivity contribution is -0.161. The van der Waals surface area contributed by atoms with Crippen LogP contribution in [0.2, 0.25) is 0 Å². The van der Waals surface area contributed by atoms with E-state index in [0.717, 1.165) is 21.9 Å². The molecule has 1 heterocycles. The number of carbonyl (C=O) groups is 4. The van der Waals surface area contributed by atoms with E-state index in [0.29, 0.717) is 12.8 Å². The van der Waals surface area contributed by atoms with Gasteiger partial charge in [-0.05, 0) is 67.9 Å². The van der Waals surface area contributed by atoms with Crippen molar-refractivity contribution in [3.8, 4) is 0 Å². The minimum atomic E-state index is -3.85.